The Bertz CT molecular complexity index is 739. The van der Waals surface area contributed by atoms with E-state index < -0.39 is 33.6 Å². The molecule has 0 aromatic carbocycles. The van der Waals surface area contributed by atoms with Gasteiger partial charge in [0.15, 0.2) is 12.1 Å². The van der Waals surface area contributed by atoms with Gasteiger partial charge in [0.25, 0.3) is 10.1 Å². The van der Waals surface area contributed by atoms with E-state index in [1.54, 1.807) is 6.08 Å². The number of carbonyl (C=O) groups is 2. The van der Waals surface area contributed by atoms with Crippen LogP contribution in [0.1, 0.15) is 40.0 Å². The summed E-state index contributed by atoms with van der Waals surface area (Å²) < 4.78 is 42.8. The molecule has 0 aromatic rings. The van der Waals surface area contributed by atoms with Crippen LogP contribution in [-0.2, 0) is 29.2 Å². The zero-order valence-corrected chi connectivity index (χ0v) is 16.6. The highest BCUT2D eigenvalue weighted by Gasteiger charge is 2.40. The molecule has 2 rings (SSSR count). The number of ether oxygens (including phenoxy) is 2. The minimum atomic E-state index is -4.11. The van der Waals surface area contributed by atoms with Crippen molar-refractivity contribution in [2.75, 3.05) is 12.4 Å². The average molecular weight is 401 g/mol. The Balaban J connectivity index is 2.01. The molecular weight excluding hydrogens is 374 g/mol. The third-order valence-electron chi connectivity index (χ3n) is 4.69. The molecule has 1 saturated heterocycles. The molecule has 0 radical (unpaired) electrons. The van der Waals surface area contributed by atoms with E-state index in [-0.39, 0.29) is 24.2 Å². The van der Waals surface area contributed by atoms with Gasteiger partial charge in [-0.1, -0.05) is 26.0 Å². The standard InChI is InChI=1S/C18H27NO7S/c1-12(20)19-14(7-8-27(22,23)24)10-18(2,3)16-11-25-17(26-16)13-5-4-6-15(21)9-13/h4-5,9,14,16-17H,6-8,10-11H2,1-3H3,(H,19,20)(H,22,23,24)/t14?,16-,17?/m0/s1. The van der Waals surface area contributed by atoms with E-state index in [0.29, 0.717) is 25.0 Å². The van der Waals surface area contributed by atoms with E-state index in [0.717, 1.165) is 0 Å². The summed E-state index contributed by atoms with van der Waals surface area (Å²) in [6.45, 7) is 5.57. The molecule has 0 bridgehead atoms. The summed E-state index contributed by atoms with van der Waals surface area (Å²) in [5.74, 6) is -0.708. The molecule has 1 heterocycles. The maximum atomic E-state index is 11.6. The Morgan fingerprint density at radius 1 is 1.44 bits per heavy atom. The molecule has 27 heavy (non-hydrogen) atoms. The minimum Gasteiger partial charge on any atom is -0.354 e. The normalized spacial score (nSPS) is 24.6. The van der Waals surface area contributed by atoms with Gasteiger partial charge >= 0.3 is 0 Å². The molecule has 1 fully saturated rings. The SMILES string of the molecule is CC(=O)NC(CCS(=O)(=O)O)CC(C)(C)[C@@H]1COC(C2=CC(=O)CC=C2)O1. The highest BCUT2D eigenvalue weighted by molar-refractivity contribution is 7.85. The monoisotopic (exact) mass is 401 g/mol. The largest absolute Gasteiger partial charge is 0.354 e. The lowest BCUT2D eigenvalue weighted by Gasteiger charge is -2.34. The second-order valence-corrected chi connectivity index (χ2v) is 9.24. The van der Waals surface area contributed by atoms with Gasteiger partial charge in [0.1, 0.15) is 0 Å². The number of hydrogen-bond acceptors (Lipinski definition) is 6. The van der Waals surface area contributed by atoms with Crippen LogP contribution in [0.5, 0.6) is 0 Å². The van der Waals surface area contributed by atoms with Crippen LogP contribution in [0, 0.1) is 5.41 Å². The topological polar surface area (TPSA) is 119 Å². The molecule has 2 unspecified atom stereocenters. The summed E-state index contributed by atoms with van der Waals surface area (Å²) in [6, 6.07) is -0.433. The van der Waals surface area contributed by atoms with Gasteiger partial charge in [0, 0.05) is 25.0 Å². The van der Waals surface area contributed by atoms with Crippen LogP contribution in [0.3, 0.4) is 0 Å². The fourth-order valence-corrected chi connectivity index (χ4v) is 3.89. The number of amides is 1. The van der Waals surface area contributed by atoms with E-state index in [4.69, 9.17) is 14.0 Å². The van der Waals surface area contributed by atoms with Gasteiger partial charge in [-0.3, -0.25) is 14.1 Å². The third kappa shape index (κ3) is 6.84. The minimum absolute atomic E-state index is 0.00153. The highest BCUT2D eigenvalue weighted by atomic mass is 32.2. The van der Waals surface area contributed by atoms with Gasteiger partial charge < -0.3 is 14.8 Å². The zero-order chi connectivity index (χ0) is 20.2. The van der Waals surface area contributed by atoms with Crippen molar-refractivity contribution in [2.45, 2.75) is 58.5 Å². The van der Waals surface area contributed by atoms with E-state index in [9.17, 15) is 18.0 Å². The maximum absolute atomic E-state index is 11.6. The summed E-state index contributed by atoms with van der Waals surface area (Å²) in [5, 5.41) is 2.73. The molecule has 1 aliphatic heterocycles. The van der Waals surface area contributed by atoms with E-state index in [1.165, 1.54) is 13.0 Å². The van der Waals surface area contributed by atoms with Crippen molar-refractivity contribution in [2.24, 2.45) is 5.41 Å². The van der Waals surface area contributed by atoms with Crippen molar-refractivity contribution in [3.8, 4) is 0 Å². The van der Waals surface area contributed by atoms with E-state index in [1.807, 2.05) is 19.9 Å². The number of carbonyl (C=O) groups excluding carboxylic acids is 2. The molecule has 152 valence electrons. The molecule has 1 amide bonds. The van der Waals surface area contributed by atoms with Gasteiger partial charge in [-0.15, -0.1) is 0 Å². The van der Waals surface area contributed by atoms with Gasteiger partial charge in [-0.2, -0.15) is 8.42 Å². The van der Waals surface area contributed by atoms with Crippen LogP contribution >= 0.6 is 0 Å². The second kappa shape index (κ2) is 8.64. The lowest BCUT2D eigenvalue weighted by molar-refractivity contribution is -0.120. The zero-order valence-electron chi connectivity index (χ0n) is 15.8. The molecule has 1 aliphatic carbocycles. The van der Waals surface area contributed by atoms with Crippen LogP contribution in [0.25, 0.3) is 0 Å². The van der Waals surface area contributed by atoms with Crippen molar-refractivity contribution in [1.82, 2.24) is 5.32 Å². The predicted molar refractivity (Wildman–Crippen MR) is 98.5 cm³/mol. The van der Waals surface area contributed by atoms with Crippen LogP contribution in [0.4, 0.5) is 0 Å². The Morgan fingerprint density at radius 3 is 2.74 bits per heavy atom. The first-order valence-electron chi connectivity index (χ1n) is 8.86. The fourth-order valence-electron chi connectivity index (χ4n) is 3.31. The molecule has 9 heteroatoms. The summed E-state index contributed by atoms with van der Waals surface area (Å²) in [5.41, 5.74) is 0.235. The predicted octanol–water partition coefficient (Wildman–Crippen LogP) is 1.38. The quantitative estimate of drug-likeness (QED) is 0.590. The molecule has 3 atom stereocenters. The van der Waals surface area contributed by atoms with E-state index in [2.05, 4.69) is 5.32 Å². The number of allylic oxidation sites excluding steroid dienone is 2. The molecule has 2 aliphatic rings. The Hall–Kier alpha value is -1.55. The first-order chi connectivity index (χ1) is 12.5. The van der Waals surface area contributed by atoms with Crippen molar-refractivity contribution in [3.63, 3.8) is 0 Å². The van der Waals surface area contributed by atoms with Crippen LogP contribution in [0.15, 0.2) is 23.8 Å². The van der Waals surface area contributed by atoms with Crippen LogP contribution in [-0.4, -0.2) is 55.5 Å². The number of ketones is 1. The summed E-state index contributed by atoms with van der Waals surface area (Å²) >= 11 is 0. The van der Waals surface area contributed by atoms with Crippen molar-refractivity contribution in [3.05, 3.63) is 23.8 Å². The number of hydrogen-bond donors (Lipinski definition) is 2. The van der Waals surface area contributed by atoms with Crippen LogP contribution < -0.4 is 5.32 Å². The first kappa shape index (κ1) is 21.7. The van der Waals surface area contributed by atoms with Crippen molar-refractivity contribution >= 4 is 21.8 Å². The Labute approximate surface area is 159 Å². The molecular formula is C18H27NO7S. The molecule has 8 nitrogen and oxygen atoms in total. The van der Waals surface area contributed by atoms with Gasteiger partial charge in [-0.25, -0.2) is 0 Å². The van der Waals surface area contributed by atoms with Gasteiger partial charge in [-0.05, 0) is 24.3 Å². The highest BCUT2D eigenvalue weighted by Crippen LogP contribution is 2.36. The summed E-state index contributed by atoms with van der Waals surface area (Å²) in [4.78, 5) is 23.0. The van der Waals surface area contributed by atoms with E-state index >= 15 is 0 Å². The smallest absolute Gasteiger partial charge is 0.264 e. The van der Waals surface area contributed by atoms with Crippen molar-refractivity contribution < 1.29 is 32.0 Å². The Kier molecular flexibility index (Phi) is 6.96. The molecule has 0 aromatic heterocycles. The third-order valence-corrected chi connectivity index (χ3v) is 5.44. The van der Waals surface area contributed by atoms with Gasteiger partial charge in [0.05, 0.1) is 18.5 Å². The van der Waals surface area contributed by atoms with Crippen LogP contribution in [0.2, 0.25) is 0 Å². The average Bonchev–Trinajstić information content (AvgIpc) is 3.02. The molecule has 0 saturated carbocycles. The first-order valence-corrected chi connectivity index (χ1v) is 10.5. The number of rotatable bonds is 8. The van der Waals surface area contributed by atoms with Gasteiger partial charge in [0.2, 0.25) is 5.91 Å². The summed E-state index contributed by atoms with van der Waals surface area (Å²) in [6.07, 6.45) is 5.10. The fraction of sp³-hybridized carbons (Fsp3) is 0.667. The second-order valence-electron chi connectivity index (χ2n) is 7.67. The molecule has 0 spiro atoms. The molecule has 2 N–H and O–H groups in total. The Morgan fingerprint density at radius 2 is 2.15 bits per heavy atom. The van der Waals surface area contributed by atoms with Crippen molar-refractivity contribution in [1.29, 1.82) is 0 Å². The number of nitrogens with one attached hydrogen (secondary N) is 1. The lowest BCUT2D eigenvalue weighted by Crippen LogP contribution is -2.42. The summed E-state index contributed by atoms with van der Waals surface area (Å²) in [7, 11) is -4.11. The lowest BCUT2D eigenvalue weighted by atomic mass is 9.80. The maximum Gasteiger partial charge on any atom is 0.264 e.